The topological polar surface area (TPSA) is 61.0 Å². The number of ether oxygens (including phenoxy) is 1. The molecule has 9 heteroatoms. The van der Waals surface area contributed by atoms with Gasteiger partial charge in [-0.25, -0.2) is 9.97 Å². The van der Waals surface area contributed by atoms with Crippen molar-refractivity contribution in [1.82, 2.24) is 9.97 Å². The molecule has 0 unspecified atom stereocenters. The molecular formula is C16H14F3N3OS2. The Bertz CT molecular complexity index is 902. The van der Waals surface area contributed by atoms with Gasteiger partial charge in [-0.1, -0.05) is 11.3 Å². The molecule has 132 valence electrons. The average molecular weight is 385 g/mol. The number of nitrogens with two attached hydrogens (primary N) is 1. The van der Waals surface area contributed by atoms with E-state index in [1.54, 1.807) is 0 Å². The highest BCUT2D eigenvalue weighted by Gasteiger charge is 2.31. The van der Waals surface area contributed by atoms with Gasteiger partial charge in [0.15, 0.2) is 5.13 Å². The molecule has 0 bridgehead atoms. The predicted octanol–water partition coefficient (Wildman–Crippen LogP) is 4.78. The van der Waals surface area contributed by atoms with Gasteiger partial charge in [0.1, 0.15) is 5.75 Å². The number of nitrogen functional groups attached to an aromatic ring is 1. The molecule has 0 fully saturated rings. The minimum atomic E-state index is -4.40. The van der Waals surface area contributed by atoms with Crippen molar-refractivity contribution in [1.29, 1.82) is 0 Å². The lowest BCUT2D eigenvalue weighted by atomic mass is 10.1. The van der Waals surface area contributed by atoms with Gasteiger partial charge in [0.2, 0.25) is 0 Å². The number of halogens is 3. The van der Waals surface area contributed by atoms with Crippen LogP contribution in [0.25, 0.3) is 10.6 Å². The zero-order chi connectivity index (χ0) is 18.2. The molecule has 3 rings (SSSR count). The summed E-state index contributed by atoms with van der Waals surface area (Å²) in [6.45, 7) is 1.84. The van der Waals surface area contributed by atoms with E-state index < -0.39 is 11.7 Å². The molecule has 0 saturated carbocycles. The number of alkyl halides is 3. The fourth-order valence-corrected chi connectivity index (χ4v) is 4.08. The maximum Gasteiger partial charge on any atom is 0.416 e. The Balaban J connectivity index is 1.91. The molecule has 0 saturated heterocycles. The monoisotopic (exact) mass is 385 g/mol. The first-order valence-electron chi connectivity index (χ1n) is 7.19. The molecule has 4 nitrogen and oxygen atoms in total. The zero-order valence-electron chi connectivity index (χ0n) is 13.3. The minimum absolute atomic E-state index is 0.255. The molecule has 2 N–H and O–H groups in total. The highest BCUT2D eigenvalue weighted by molar-refractivity contribution is 7.19. The van der Waals surface area contributed by atoms with Crippen molar-refractivity contribution in [3.8, 4) is 16.3 Å². The van der Waals surface area contributed by atoms with Crippen LogP contribution in [0.15, 0.2) is 23.6 Å². The summed E-state index contributed by atoms with van der Waals surface area (Å²) in [4.78, 5) is 9.55. The Morgan fingerprint density at radius 1 is 1.24 bits per heavy atom. The van der Waals surface area contributed by atoms with Gasteiger partial charge in [-0.05, 0) is 25.1 Å². The van der Waals surface area contributed by atoms with Gasteiger partial charge in [0.25, 0.3) is 0 Å². The van der Waals surface area contributed by atoms with Gasteiger partial charge in [0, 0.05) is 17.4 Å². The van der Waals surface area contributed by atoms with Crippen LogP contribution in [0.4, 0.5) is 18.3 Å². The van der Waals surface area contributed by atoms with E-state index in [0.29, 0.717) is 21.5 Å². The molecule has 25 heavy (non-hydrogen) atoms. The molecule has 0 aliphatic heterocycles. The predicted molar refractivity (Wildman–Crippen MR) is 93.2 cm³/mol. The van der Waals surface area contributed by atoms with Crippen molar-refractivity contribution in [3.05, 3.63) is 45.4 Å². The highest BCUT2D eigenvalue weighted by atomic mass is 32.1. The fourth-order valence-electron chi connectivity index (χ4n) is 2.41. The van der Waals surface area contributed by atoms with Crippen LogP contribution in [0.1, 0.15) is 21.8 Å². The SMILES string of the molecule is COc1ccc(C(F)(F)F)cc1Cc1nc(-c2sc(N)nc2C)cs1. The maximum atomic E-state index is 12.9. The van der Waals surface area contributed by atoms with Crippen LogP contribution in [-0.2, 0) is 12.6 Å². The van der Waals surface area contributed by atoms with Crippen molar-refractivity contribution in [2.75, 3.05) is 12.8 Å². The zero-order valence-corrected chi connectivity index (χ0v) is 15.0. The Morgan fingerprint density at radius 3 is 2.60 bits per heavy atom. The van der Waals surface area contributed by atoms with Gasteiger partial charge in [0.05, 0.1) is 33.9 Å². The van der Waals surface area contributed by atoms with Crippen molar-refractivity contribution in [2.24, 2.45) is 0 Å². The Morgan fingerprint density at radius 2 is 2.00 bits per heavy atom. The van der Waals surface area contributed by atoms with E-state index in [0.717, 1.165) is 28.4 Å². The smallest absolute Gasteiger partial charge is 0.416 e. The van der Waals surface area contributed by atoms with Crippen molar-refractivity contribution in [2.45, 2.75) is 19.5 Å². The van der Waals surface area contributed by atoms with E-state index in [2.05, 4.69) is 9.97 Å². The van der Waals surface area contributed by atoms with Crippen LogP contribution in [0, 0.1) is 6.92 Å². The second kappa shape index (κ2) is 6.64. The lowest BCUT2D eigenvalue weighted by Gasteiger charge is -2.12. The molecule has 2 aromatic heterocycles. The number of rotatable bonds is 4. The lowest BCUT2D eigenvalue weighted by Crippen LogP contribution is -2.06. The van der Waals surface area contributed by atoms with Crippen LogP contribution in [0.5, 0.6) is 5.75 Å². The first kappa shape index (κ1) is 17.7. The summed E-state index contributed by atoms with van der Waals surface area (Å²) in [5.74, 6) is 0.406. The fraction of sp³-hybridized carbons (Fsp3) is 0.250. The number of aryl methyl sites for hydroxylation is 1. The summed E-state index contributed by atoms with van der Waals surface area (Å²) < 4.78 is 44.0. The summed E-state index contributed by atoms with van der Waals surface area (Å²) >= 11 is 2.72. The quantitative estimate of drug-likeness (QED) is 0.702. The Labute approximate surface area is 150 Å². The third-order valence-corrected chi connectivity index (χ3v) is 5.40. The highest BCUT2D eigenvalue weighted by Crippen LogP contribution is 2.35. The van der Waals surface area contributed by atoms with E-state index in [4.69, 9.17) is 10.5 Å². The number of aromatic nitrogens is 2. The first-order valence-corrected chi connectivity index (χ1v) is 8.89. The standard InChI is InChI=1S/C16H14F3N3OS2/c1-8-14(25-15(20)21-8)11-7-24-13(22-11)6-9-5-10(16(17,18)19)3-4-12(9)23-2/h3-5,7H,6H2,1-2H3,(H2,20,21). The van der Waals surface area contributed by atoms with E-state index in [1.165, 1.54) is 35.8 Å². The van der Waals surface area contributed by atoms with Gasteiger partial charge >= 0.3 is 6.18 Å². The second-order valence-corrected chi connectivity index (χ2v) is 7.27. The van der Waals surface area contributed by atoms with Gasteiger partial charge < -0.3 is 10.5 Å². The number of benzene rings is 1. The number of hydrogen-bond acceptors (Lipinski definition) is 6. The first-order chi connectivity index (χ1) is 11.8. The number of hydrogen-bond donors (Lipinski definition) is 1. The summed E-state index contributed by atoms with van der Waals surface area (Å²) in [7, 11) is 1.43. The lowest BCUT2D eigenvalue weighted by molar-refractivity contribution is -0.137. The number of nitrogens with zero attached hydrogens (tertiary/aromatic N) is 2. The van der Waals surface area contributed by atoms with Gasteiger partial charge in [-0.15, -0.1) is 11.3 Å². The third-order valence-electron chi connectivity index (χ3n) is 3.55. The third kappa shape index (κ3) is 3.77. The van der Waals surface area contributed by atoms with Gasteiger partial charge in [-0.2, -0.15) is 13.2 Å². The minimum Gasteiger partial charge on any atom is -0.496 e. The largest absolute Gasteiger partial charge is 0.496 e. The maximum absolute atomic E-state index is 12.9. The van der Waals surface area contributed by atoms with E-state index in [-0.39, 0.29) is 6.42 Å². The summed E-state index contributed by atoms with van der Waals surface area (Å²) in [5.41, 5.74) is 6.96. The Hall–Kier alpha value is -2.13. The molecule has 2 heterocycles. The van der Waals surface area contributed by atoms with E-state index >= 15 is 0 Å². The molecule has 0 aliphatic carbocycles. The molecular weight excluding hydrogens is 371 g/mol. The van der Waals surface area contributed by atoms with Crippen LogP contribution < -0.4 is 10.5 Å². The molecule has 1 aromatic carbocycles. The van der Waals surface area contributed by atoms with Gasteiger partial charge in [-0.3, -0.25) is 0 Å². The normalized spacial score (nSPS) is 11.7. The van der Waals surface area contributed by atoms with Crippen molar-refractivity contribution < 1.29 is 17.9 Å². The van der Waals surface area contributed by atoms with Crippen LogP contribution in [-0.4, -0.2) is 17.1 Å². The van der Waals surface area contributed by atoms with Crippen LogP contribution in [0.3, 0.4) is 0 Å². The molecule has 0 aliphatic rings. The number of thiazole rings is 2. The second-order valence-electron chi connectivity index (χ2n) is 5.29. The van der Waals surface area contributed by atoms with Crippen LogP contribution >= 0.6 is 22.7 Å². The van der Waals surface area contributed by atoms with Crippen molar-refractivity contribution in [3.63, 3.8) is 0 Å². The van der Waals surface area contributed by atoms with E-state index in [9.17, 15) is 13.2 Å². The molecule has 0 atom stereocenters. The average Bonchev–Trinajstić information content (AvgIpc) is 3.12. The van der Waals surface area contributed by atoms with Crippen molar-refractivity contribution >= 4 is 27.8 Å². The summed E-state index contributed by atoms with van der Waals surface area (Å²) in [5, 5.41) is 3.01. The number of methoxy groups -OCH3 is 1. The Kier molecular flexibility index (Phi) is 4.70. The number of anilines is 1. The summed E-state index contributed by atoms with van der Waals surface area (Å²) in [6.07, 6.45) is -4.14. The molecule has 0 spiro atoms. The van der Waals surface area contributed by atoms with Crippen LogP contribution in [0.2, 0.25) is 0 Å². The molecule has 0 radical (unpaired) electrons. The molecule has 3 aromatic rings. The summed E-state index contributed by atoms with van der Waals surface area (Å²) in [6, 6.07) is 3.45. The molecule has 0 amide bonds. The van der Waals surface area contributed by atoms with E-state index in [1.807, 2.05) is 12.3 Å².